The van der Waals surface area contributed by atoms with Crippen molar-refractivity contribution in [2.45, 2.75) is 32.7 Å². The Bertz CT molecular complexity index is 285. The highest BCUT2D eigenvalue weighted by Gasteiger charge is 2.12. The molecule has 2 N–H and O–H groups in total. The fraction of sp³-hybridized carbons (Fsp3) is 0.500. The molecule has 78 valence electrons. The minimum atomic E-state index is 0.208. The number of hydrogen-bond acceptors (Lipinski definition) is 1. The molecule has 0 radical (unpaired) electrons. The van der Waals surface area contributed by atoms with Crippen molar-refractivity contribution in [3.05, 3.63) is 34.9 Å². The molecule has 14 heavy (non-hydrogen) atoms. The van der Waals surface area contributed by atoms with Crippen molar-refractivity contribution in [2.24, 2.45) is 11.7 Å². The molecule has 1 nitrogen and oxygen atoms in total. The molecule has 0 spiro atoms. The third kappa shape index (κ3) is 3.00. The van der Waals surface area contributed by atoms with Crippen LogP contribution in [0.4, 0.5) is 0 Å². The van der Waals surface area contributed by atoms with E-state index < -0.39 is 0 Å². The second kappa shape index (κ2) is 5.38. The highest BCUT2D eigenvalue weighted by Crippen LogP contribution is 2.19. The van der Waals surface area contributed by atoms with Crippen molar-refractivity contribution in [2.75, 3.05) is 0 Å². The van der Waals surface area contributed by atoms with E-state index in [-0.39, 0.29) is 6.04 Å². The van der Waals surface area contributed by atoms with Crippen molar-refractivity contribution >= 4 is 11.6 Å². The van der Waals surface area contributed by atoms with Crippen LogP contribution < -0.4 is 5.73 Å². The van der Waals surface area contributed by atoms with Gasteiger partial charge in [0.05, 0.1) is 0 Å². The minimum Gasteiger partial charge on any atom is -0.327 e. The van der Waals surface area contributed by atoms with Gasteiger partial charge in [-0.25, -0.2) is 0 Å². The van der Waals surface area contributed by atoms with Crippen molar-refractivity contribution in [1.82, 2.24) is 0 Å². The molecule has 0 saturated heterocycles. The summed E-state index contributed by atoms with van der Waals surface area (Å²) in [4.78, 5) is 0. The molecule has 0 aliphatic carbocycles. The lowest BCUT2D eigenvalue weighted by atomic mass is 9.94. The summed E-state index contributed by atoms with van der Waals surface area (Å²) >= 11 is 6.06. The van der Waals surface area contributed by atoms with Gasteiger partial charge in [0, 0.05) is 11.1 Å². The maximum Gasteiger partial charge on any atom is 0.0438 e. The van der Waals surface area contributed by atoms with E-state index in [0.29, 0.717) is 5.92 Å². The van der Waals surface area contributed by atoms with Crippen LogP contribution in [-0.4, -0.2) is 6.04 Å². The van der Waals surface area contributed by atoms with Gasteiger partial charge >= 0.3 is 0 Å². The standard InChI is InChI=1S/C12H18ClN/c1-3-9(2)12(14)8-10-6-4-5-7-11(10)13/h4-7,9,12H,3,8,14H2,1-2H3. The smallest absolute Gasteiger partial charge is 0.0438 e. The van der Waals surface area contributed by atoms with E-state index in [1.807, 2.05) is 24.3 Å². The van der Waals surface area contributed by atoms with Crippen LogP contribution in [0.25, 0.3) is 0 Å². The lowest BCUT2D eigenvalue weighted by Crippen LogP contribution is -2.30. The normalized spacial score (nSPS) is 15.1. The highest BCUT2D eigenvalue weighted by atomic mass is 35.5. The molecule has 1 aromatic carbocycles. The van der Waals surface area contributed by atoms with Crippen molar-refractivity contribution in [3.8, 4) is 0 Å². The lowest BCUT2D eigenvalue weighted by molar-refractivity contribution is 0.440. The molecule has 2 heteroatoms. The minimum absolute atomic E-state index is 0.208. The zero-order chi connectivity index (χ0) is 10.6. The van der Waals surface area contributed by atoms with E-state index in [4.69, 9.17) is 17.3 Å². The van der Waals surface area contributed by atoms with Gasteiger partial charge < -0.3 is 5.73 Å². The monoisotopic (exact) mass is 211 g/mol. The summed E-state index contributed by atoms with van der Waals surface area (Å²) in [5.41, 5.74) is 7.22. The second-order valence-corrected chi connectivity index (χ2v) is 4.25. The number of benzene rings is 1. The summed E-state index contributed by atoms with van der Waals surface area (Å²) in [6.45, 7) is 4.35. The maximum atomic E-state index is 6.07. The second-order valence-electron chi connectivity index (χ2n) is 3.84. The van der Waals surface area contributed by atoms with Gasteiger partial charge in [-0.1, -0.05) is 50.1 Å². The van der Waals surface area contributed by atoms with Gasteiger partial charge in [-0.05, 0) is 24.0 Å². The Kier molecular flexibility index (Phi) is 4.43. The fourth-order valence-corrected chi connectivity index (χ4v) is 1.63. The summed E-state index contributed by atoms with van der Waals surface area (Å²) in [6, 6.07) is 8.12. The molecule has 2 atom stereocenters. The SMILES string of the molecule is CCC(C)C(N)Cc1ccccc1Cl. The molecule has 1 rings (SSSR count). The predicted molar refractivity (Wildman–Crippen MR) is 62.6 cm³/mol. The molecule has 0 fully saturated rings. The molecule has 0 aromatic heterocycles. The Morgan fingerprint density at radius 3 is 2.57 bits per heavy atom. The summed E-state index contributed by atoms with van der Waals surface area (Å²) < 4.78 is 0. The average Bonchev–Trinajstić information content (AvgIpc) is 2.20. The first-order valence-corrected chi connectivity index (χ1v) is 5.52. The molecule has 0 heterocycles. The number of hydrogen-bond donors (Lipinski definition) is 1. The molecular formula is C12H18ClN. The largest absolute Gasteiger partial charge is 0.327 e. The van der Waals surface area contributed by atoms with Gasteiger partial charge in [0.25, 0.3) is 0 Å². The van der Waals surface area contributed by atoms with Crippen molar-refractivity contribution in [3.63, 3.8) is 0 Å². The molecular weight excluding hydrogens is 194 g/mol. The van der Waals surface area contributed by atoms with Gasteiger partial charge in [-0.3, -0.25) is 0 Å². The van der Waals surface area contributed by atoms with Crippen molar-refractivity contribution < 1.29 is 0 Å². The molecule has 0 bridgehead atoms. The molecule has 1 aromatic rings. The first kappa shape index (κ1) is 11.5. The summed E-state index contributed by atoms with van der Waals surface area (Å²) in [7, 11) is 0. The molecule has 0 amide bonds. The van der Waals surface area contributed by atoms with Gasteiger partial charge in [-0.2, -0.15) is 0 Å². The first-order chi connectivity index (χ1) is 6.65. The number of nitrogens with two attached hydrogens (primary N) is 1. The van der Waals surface area contributed by atoms with Crippen LogP contribution in [0.5, 0.6) is 0 Å². The van der Waals surface area contributed by atoms with E-state index in [2.05, 4.69) is 13.8 Å². The van der Waals surface area contributed by atoms with Crippen LogP contribution >= 0.6 is 11.6 Å². The van der Waals surface area contributed by atoms with Gasteiger partial charge in [0.2, 0.25) is 0 Å². The van der Waals surface area contributed by atoms with Crippen LogP contribution in [0.1, 0.15) is 25.8 Å². The van der Waals surface area contributed by atoms with Crippen LogP contribution in [0, 0.1) is 5.92 Å². The Morgan fingerprint density at radius 1 is 1.36 bits per heavy atom. The first-order valence-electron chi connectivity index (χ1n) is 5.14. The van der Waals surface area contributed by atoms with Crippen molar-refractivity contribution in [1.29, 1.82) is 0 Å². The van der Waals surface area contributed by atoms with E-state index >= 15 is 0 Å². The Labute approximate surface area is 91.3 Å². The number of halogens is 1. The van der Waals surface area contributed by atoms with Gasteiger partial charge in [0.15, 0.2) is 0 Å². The van der Waals surface area contributed by atoms with Gasteiger partial charge in [-0.15, -0.1) is 0 Å². The zero-order valence-electron chi connectivity index (χ0n) is 8.83. The summed E-state index contributed by atoms with van der Waals surface area (Å²) in [5, 5.41) is 0.825. The molecule has 2 unspecified atom stereocenters. The molecule has 0 saturated carbocycles. The number of rotatable bonds is 4. The van der Waals surface area contributed by atoms with Crippen LogP contribution in [0.2, 0.25) is 5.02 Å². The topological polar surface area (TPSA) is 26.0 Å². The quantitative estimate of drug-likeness (QED) is 0.813. The van der Waals surface area contributed by atoms with Gasteiger partial charge in [0.1, 0.15) is 0 Å². The zero-order valence-corrected chi connectivity index (χ0v) is 9.59. The summed E-state index contributed by atoms with van der Waals surface area (Å²) in [5.74, 6) is 0.547. The maximum absolute atomic E-state index is 6.07. The third-order valence-corrected chi connectivity index (χ3v) is 3.16. The van der Waals surface area contributed by atoms with E-state index in [1.54, 1.807) is 0 Å². The fourth-order valence-electron chi connectivity index (χ4n) is 1.42. The van der Waals surface area contributed by atoms with Crippen LogP contribution in [0.15, 0.2) is 24.3 Å². The van der Waals surface area contributed by atoms with E-state index in [0.717, 1.165) is 23.4 Å². The Morgan fingerprint density at radius 2 is 2.00 bits per heavy atom. The molecule has 0 aliphatic rings. The van der Waals surface area contributed by atoms with E-state index in [1.165, 1.54) is 0 Å². The lowest BCUT2D eigenvalue weighted by Gasteiger charge is -2.18. The molecule has 0 aliphatic heterocycles. The van der Waals surface area contributed by atoms with Crippen LogP contribution in [-0.2, 0) is 6.42 Å². The van der Waals surface area contributed by atoms with Crippen LogP contribution in [0.3, 0.4) is 0 Å². The Balaban J connectivity index is 2.64. The van der Waals surface area contributed by atoms with E-state index in [9.17, 15) is 0 Å². The average molecular weight is 212 g/mol. The summed E-state index contributed by atoms with van der Waals surface area (Å²) in [6.07, 6.45) is 1.99. The highest BCUT2D eigenvalue weighted by molar-refractivity contribution is 6.31. The predicted octanol–water partition coefficient (Wildman–Crippen LogP) is 3.26. The Hall–Kier alpha value is -0.530. The third-order valence-electron chi connectivity index (χ3n) is 2.79.